The van der Waals surface area contributed by atoms with Crippen LogP contribution in [-0.4, -0.2) is 16.9 Å². The molecule has 4 nitrogen and oxygen atoms in total. The molecule has 1 amide bonds. The van der Waals surface area contributed by atoms with Gasteiger partial charge in [-0.05, 0) is 28.4 Å². The largest absolute Gasteiger partial charge is 0.373 e. The van der Waals surface area contributed by atoms with Gasteiger partial charge in [0.05, 0.1) is 10.2 Å². The highest BCUT2D eigenvalue weighted by Crippen LogP contribution is 2.21. The second kappa shape index (κ2) is 4.95. The van der Waals surface area contributed by atoms with Gasteiger partial charge in [-0.25, -0.2) is 0 Å². The molecule has 1 heterocycles. The van der Waals surface area contributed by atoms with Crippen LogP contribution in [0.4, 0.5) is 5.69 Å². The van der Waals surface area contributed by atoms with Crippen LogP contribution >= 0.6 is 15.9 Å². The van der Waals surface area contributed by atoms with Crippen molar-refractivity contribution in [2.75, 3.05) is 5.32 Å². The molecular formula is C9H12BrN3O. The van der Waals surface area contributed by atoms with Crippen molar-refractivity contribution in [3.63, 3.8) is 0 Å². The minimum absolute atomic E-state index is 0.339. The van der Waals surface area contributed by atoms with E-state index in [1.165, 1.54) is 0 Å². The van der Waals surface area contributed by atoms with Gasteiger partial charge in [-0.15, -0.1) is 0 Å². The van der Waals surface area contributed by atoms with Gasteiger partial charge in [-0.2, -0.15) is 0 Å². The van der Waals surface area contributed by atoms with Gasteiger partial charge in [-0.3, -0.25) is 9.78 Å². The number of aromatic nitrogens is 1. The summed E-state index contributed by atoms with van der Waals surface area (Å²) in [6.07, 6.45) is 3.97. The molecule has 0 spiro atoms. The Kier molecular flexibility index (Phi) is 3.88. The molecule has 0 aliphatic rings. The zero-order valence-corrected chi connectivity index (χ0v) is 9.41. The van der Waals surface area contributed by atoms with Gasteiger partial charge in [0.1, 0.15) is 6.04 Å². The molecule has 76 valence electrons. The summed E-state index contributed by atoms with van der Waals surface area (Å²) in [4.78, 5) is 14.9. The summed E-state index contributed by atoms with van der Waals surface area (Å²) in [7, 11) is 0. The minimum Gasteiger partial charge on any atom is -0.373 e. The average Bonchev–Trinajstić information content (AvgIpc) is 2.16. The smallest absolute Gasteiger partial charge is 0.239 e. The lowest BCUT2D eigenvalue weighted by atomic mass is 10.2. The molecule has 1 unspecified atom stereocenters. The highest BCUT2D eigenvalue weighted by molar-refractivity contribution is 9.10. The van der Waals surface area contributed by atoms with E-state index >= 15 is 0 Å². The van der Waals surface area contributed by atoms with Crippen molar-refractivity contribution in [2.45, 2.75) is 19.4 Å². The molecule has 1 atom stereocenters. The van der Waals surface area contributed by atoms with E-state index in [1.54, 1.807) is 18.5 Å². The fourth-order valence-electron chi connectivity index (χ4n) is 1.05. The molecule has 1 aromatic rings. The Balaban J connectivity index is 2.77. The van der Waals surface area contributed by atoms with Crippen LogP contribution in [0.15, 0.2) is 22.9 Å². The van der Waals surface area contributed by atoms with Gasteiger partial charge in [0.15, 0.2) is 0 Å². The molecule has 3 N–H and O–H groups in total. The number of amides is 1. The number of halogens is 1. The average molecular weight is 258 g/mol. The van der Waals surface area contributed by atoms with Gasteiger partial charge in [0.25, 0.3) is 0 Å². The van der Waals surface area contributed by atoms with Crippen LogP contribution in [0.5, 0.6) is 0 Å². The van der Waals surface area contributed by atoms with Gasteiger partial charge < -0.3 is 11.1 Å². The predicted molar refractivity (Wildman–Crippen MR) is 58.8 cm³/mol. The molecule has 5 heteroatoms. The SMILES string of the molecule is CCC(Nc1ccncc1Br)C(N)=O. The Hall–Kier alpha value is -1.10. The predicted octanol–water partition coefficient (Wildman–Crippen LogP) is 1.52. The maximum absolute atomic E-state index is 11.0. The first-order valence-electron chi connectivity index (χ1n) is 4.30. The van der Waals surface area contributed by atoms with Gasteiger partial charge in [0.2, 0.25) is 5.91 Å². The molecule has 0 bridgehead atoms. The van der Waals surface area contributed by atoms with Crippen LogP contribution in [0.2, 0.25) is 0 Å². The molecule has 14 heavy (non-hydrogen) atoms. The summed E-state index contributed by atoms with van der Waals surface area (Å²) < 4.78 is 0.819. The summed E-state index contributed by atoms with van der Waals surface area (Å²) in [5.41, 5.74) is 6.04. The number of primary amides is 1. The number of pyridine rings is 1. The Morgan fingerprint density at radius 3 is 3.00 bits per heavy atom. The summed E-state index contributed by atoms with van der Waals surface area (Å²) in [5, 5.41) is 3.03. The summed E-state index contributed by atoms with van der Waals surface area (Å²) >= 11 is 3.33. The third-order valence-corrected chi connectivity index (χ3v) is 2.49. The van der Waals surface area contributed by atoms with E-state index in [0.29, 0.717) is 6.42 Å². The number of nitrogens with zero attached hydrogens (tertiary/aromatic N) is 1. The van der Waals surface area contributed by atoms with E-state index in [0.717, 1.165) is 10.2 Å². The lowest BCUT2D eigenvalue weighted by molar-refractivity contribution is -0.118. The number of anilines is 1. The van der Waals surface area contributed by atoms with Crippen molar-refractivity contribution in [2.24, 2.45) is 5.73 Å². The Labute approximate surface area is 91.0 Å². The maximum Gasteiger partial charge on any atom is 0.239 e. The molecule has 1 rings (SSSR count). The molecule has 0 saturated carbocycles. The zero-order valence-electron chi connectivity index (χ0n) is 7.83. The normalized spacial score (nSPS) is 12.1. The van der Waals surface area contributed by atoms with E-state index in [4.69, 9.17) is 5.73 Å². The highest BCUT2D eigenvalue weighted by atomic mass is 79.9. The quantitative estimate of drug-likeness (QED) is 0.860. The molecule has 0 aliphatic heterocycles. The number of nitrogens with one attached hydrogen (secondary N) is 1. The molecule has 0 fully saturated rings. The van der Waals surface area contributed by atoms with Crippen LogP contribution in [-0.2, 0) is 4.79 Å². The topological polar surface area (TPSA) is 68.0 Å². The van der Waals surface area contributed by atoms with Crippen LogP contribution in [0.1, 0.15) is 13.3 Å². The van der Waals surface area contributed by atoms with Crippen molar-refractivity contribution in [3.05, 3.63) is 22.9 Å². The van der Waals surface area contributed by atoms with E-state index in [9.17, 15) is 4.79 Å². The minimum atomic E-state index is -0.351. The van der Waals surface area contributed by atoms with Crippen molar-refractivity contribution in [1.29, 1.82) is 0 Å². The number of nitrogens with two attached hydrogens (primary N) is 1. The number of carbonyl (C=O) groups is 1. The van der Waals surface area contributed by atoms with Crippen LogP contribution in [0.25, 0.3) is 0 Å². The molecule has 0 saturated heterocycles. The number of hydrogen-bond acceptors (Lipinski definition) is 3. The van der Waals surface area contributed by atoms with Crippen molar-refractivity contribution >= 4 is 27.5 Å². The fourth-order valence-corrected chi connectivity index (χ4v) is 1.42. The molecule has 0 aromatic carbocycles. The molecule has 0 radical (unpaired) electrons. The molecule has 0 aliphatic carbocycles. The number of hydrogen-bond donors (Lipinski definition) is 2. The lowest BCUT2D eigenvalue weighted by Crippen LogP contribution is -2.34. The molecule has 1 aromatic heterocycles. The number of carbonyl (C=O) groups excluding carboxylic acids is 1. The third kappa shape index (κ3) is 2.70. The molecular weight excluding hydrogens is 246 g/mol. The third-order valence-electron chi connectivity index (χ3n) is 1.85. The second-order valence-electron chi connectivity index (χ2n) is 2.86. The van der Waals surface area contributed by atoms with Crippen LogP contribution in [0.3, 0.4) is 0 Å². The van der Waals surface area contributed by atoms with Gasteiger partial charge in [-0.1, -0.05) is 6.92 Å². The van der Waals surface area contributed by atoms with Crippen molar-refractivity contribution in [1.82, 2.24) is 4.98 Å². The van der Waals surface area contributed by atoms with E-state index < -0.39 is 0 Å². The van der Waals surface area contributed by atoms with Gasteiger partial charge >= 0.3 is 0 Å². The number of rotatable bonds is 4. The van der Waals surface area contributed by atoms with Crippen molar-refractivity contribution in [3.8, 4) is 0 Å². The summed E-state index contributed by atoms with van der Waals surface area (Å²) in [6, 6.07) is 1.45. The summed E-state index contributed by atoms with van der Waals surface area (Å²) in [5.74, 6) is -0.351. The highest BCUT2D eigenvalue weighted by Gasteiger charge is 2.13. The van der Waals surface area contributed by atoms with Crippen LogP contribution in [0, 0.1) is 0 Å². The second-order valence-corrected chi connectivity index (χ2v) is 3.72. The first-order valence-corrected chi connectivity index (χ1v) is 5.09. The van der Waals surface area contributed by atoms with E-state index in [-0.39, 0.29) is 11.9 Å². The van der Waals surface area contributed by atoms with E-state index in [2.05, 4.69) is 26.2 Å². The van der Waals surface area contributed by atoms with Gasteiger partial charge in [0, 0.05) is 12.4 Å². The zero-order chi connectivity index (χ0) is 10.6. The Morgan fingerprint density at radius 2 is 2.50 bits per heavy atom. The Morgan fingerprint density at radius 1 is 1.79 bits per heavy atom. The monoisotopic (exact) mass is 257 g/mol. The Bertz CT molecular complexity index is 330. The van der Waals surface area contributed by atoms with Crippen molar-refractivity contribution < 1.29 is 4.79 Å². The first-order chi connectivity index (χ1) is 6.65. The maximum atomic E-state index is 11.0. The van der Waals surface area contributed by atoms with Crippen LogP contribution < -0.4 is 11.1 Å². The van der Waals surface area contributed by atoms with E-state index in [1.807, 2.05) is 6.92 Å². The summed E-state index contributed by atoms with van der Waals surface area (Å²) in [6.45, 7) is 1.90. The standard InChI is InChI=1S/C9H12BrN3O/c1-2-7(9(11)14)13-8-3-4-12-5-6(8)10/h3-5,7H,2H2,1H3,(H2,11,14)(H,12,13). The fraction of sp³-hybridized carbons (Fsp3) is 0.333. The first kappa shape index (κ1) is 11.0. The lowest BCUT2D eigenvalue weighted by Gasteiger charge is -2.15.